The fourth-order valence-corrected chi connectivity index (χ4v) is 2.55. The fraction of sp³-hybridized carbons (Fsp3) is 0.278. The van der Waals surface area contributed by atoms with Crippen LogP contribution >= 0.6 is 12.4 Å². The Balaban J connectivity index is 0.00000208. The van der Waals surface area contributed by atoms with E-state index in [1.807, 2.05) is 17.0 Å². The van der Waals surface area contributed by atoms with E-state index in [0.717, 1.165) is 18.7 Å². The van der Waals surface area contributed by atoms with Gasteiger partial charge < -0.3 is 15.0 Å². The van der Waals surface area contributed by atoms with Gasteiger partial charge in [0.25, 0.3) is 5.91 Å². The molecule has 2 aromatic rings. The van der Waals surface area contributed by atoms with E-state index >= 15 is 0 Å². The summed E-state index contributed by atoms with van der Waals surface area (Å²) in [7, 11) is 0. The maximum atomic E-state index is 12.9. The summed E-state index contributed by atoms with van der Waals surface area (Å²) < 4.78 is 18.7. The molecule has 128 valence electrons. The molecule has 1 aliphatic rings. The van der Waals surface area contributed by atoms with E-state index < -0.39 is 0 Å². The minimum absolute atomic E-state index is 0. The number of rotatable bonds is 4. The predicted molar refractivity (Wildman–Crippen MR) is 93.2 cm³/mol. The van der Waals surface area contributed by atoms with Crippen LogP contribution in [0.1, 0.15) is 15.9 Å². The van der Waals surface area contributed by atoms with E-state index in [2.05, 4.69) is 5.32 Å². The Morgan fingerprint density at radius 3 is 2.46 bits per heavy atom. The van der Waals surface area contributed by atoms with E-state index in [0.29, 0.717) is 31.0 Å². The van der Waals surface area contributed by atoms with Gasteiger partial charge in [-0.1, -0.05) is 24.3 Å². The van der Waals surface area contributed by atoms with Crippen molar-refractivity contribution in [3.05, 3.63) is 65.5 Å². The Bertz CT molecular complexity index is 673. The van der Waals surface area contributed by atoms with Crippen LogP contribution in [0.3, 0.4) is 0 Å². The number of para-hydroxylation sites is 1. The van der Waals surface area contributed by atoms with Gasteiger partial charge >= 0.3 is 0 Å². The Morgan fingerprint density at radius 2 is 1.75 bits per heavy atom. The van der Waals surface area contributed by atoms with E-state index in [1.54, 1.807) is 24.3 Å². The van der Waals surface area contributed by atoms with Crippen molar-refractivity contribution >= 4 is 18.3 Å². The first-order valence-corrected chi connectivity index (χ1v) is 7.70. The normalized spacial score (nSPS) is 14.0. The molecule has 0 aromatic heterocycles. The van der Waals surface area contributed by atoms with Crippen molar-refractivity contribution in [3.63, 3.8) is 0 Å². The lowest BCUT2D eigenvalue weighted by Crippen LogP contribution is -2.46. The number of hydrogen-bond acceptors (Lipinski definition) is 3. The van der Waals surface area contributed by atoms with Crippen molar-refractivity contribution in [2.45, 2.75) is 6.61 Å². The number of carbonyl (C=O) groups is 1. The number of halogens is 2. The molecule has 0 saturated carbocycles. The maximum Gasteiger partial charge on any atom is 0.257 e. The molecule has 1 fully saturated rings. The molecule has 6 heteroatoms. The van der Waals surface area contributed by atoms with E-state index in [4.69, 9.17) is 4.74 Å². The molecule has 0 aliphatic carbocycles. The van der Waals surface area contributed by atoms with Gasteiger partial charge in [-0.05, 0) is 29.8 Å². The average molecular weight is 351 g/mol. The van der Waals surface area contributed by atoms with Gasteiger partial charge in [-0.15, -0.1) is 12.4 Å². The molecule has 0 unspecified atom stereocenters. The number of piperazine rings is 1. The largest absolute Gasteiger partial charge is 0.488 e. The molecule has 0 spiro atoms. The zero-order valence-corrected chi connectivity index (χ0v) is 14.0. The van der Waals surface area contributed by atoms with Gasteiger partial charge in [-0.2, -0.15) is 0 Å². The van der Waals surface area contributed by atoms with Crippen LogP contribution < -0.4 is 10.1 Å². The highest BCUT2D eigenvalue weighted by Crippen LogP contribution is 2.21. The second-order valence-corrected chi connectivity index (χ2v) is 5.45. The first-order chi connectivity index (χ1) is 11.2. The van der Waals surface area contributed by atoms with Crippen molar-refractivity contribution in [2.24, 2.45) is 0 Å². The number of hydrogen-bond donors (Lipinski definition) is 1. The molecular formula is C18H20ClFN2O2. The summed E-state index contributed by atoms with van der Waals surface area (Å²) in [6.45, 7) is 3.32. The van der Waals surface area contributed by atoms with E-state index in [-0.39, 0.29) is 24.1 Å². The van der Waals surface area contributed by atoms with Gasteiger partial charge in [0.1, 0.15) is 18.2 Å². The van der Waals surface area contributed by atoms with Gasteiger partial charge in [0.05, 0.1) is 5.56 Å². The van der Waals surface area contributed by atoms with Crippen molar-refractivity contribution in [1.82, 2.24) is 10.2 Å². The molecule has 1 saturated heterocycles. The number of ether oxygens (including phenoxy) is 1. The molecule has 24 heavy (non-hydrogen) atoms. The van der Waals surface area contributed by atoms with E-state index in [1.165, 1.54) is 12.1 Å². The van der Waals surface area contributed by atoms with Crippen LogP contribution in [0.2, 0.25) is 0 Å². The van der Waals surface area contributed by atoms with Gasteiger partial charge in [0.2, 0.25) is 0 Å². The number of benzene rings is 2. The zero-order valence-electron chi connectivity index (χ0n) is 13.2. The summed E-state index contributed by atoms with van der Waals surface area (Å²) in [4.78, 5) is 14.5. The number of nitrogens with zero attached hydrogens (tertiary/aromatic N) is 1. The Hall–Kier alpha value is -2.11. The molecular weight excluding hydrogens is 331 g/mol. The third-order valence-electron chi connectivity index (χ3n) is 3.83. The number of nitrogens with one attached hydrogen (secondary N) is 1. The van der Waals surface area contributed by atoms with Crippen LogP contribution in [-0.4, -0.2) is 37.0 Å². The molecule has 4 nitrogen and oxygen atoms in total. The molecule has 1 heterocycles. The number of amides is 1. The van der Waals surface area contributed by atoms with Crippen molar-refractivity contribution in [1.29, 1.82) is 0 Å². The van der Waals surface area contributed by atoms with Crippen LogP contribution in [0.5, 0.6) is 5.75 Å². The van der Waals surface area contributed by atoms with Crippen LogP contribution in [0.25, 0.3) is 0 Å². The highest BCUT2D eigenvalue weighted by atomic mass is 35.5. The molecule has 0 radical (unpaired) electrons. The van der Waals surface area contributed by atoms with Crippen LogP contribution in [0.4, 0.5) is 4.39 Å². The van der Waals surface area contributed by atoms with Crippen molar-refractivity contribution in [2.75, 3.05) is 26.2 Å². The summed E-state index contributed by atoms with van der Waals surface area (Å²) in [5.41, 5.74) is 1.42. The summed E-state index contributed by atoms with van der Waals surface area (Å²) in [6, 6.07) is 13.4. The highest BCUT2D eigenvalue weighted by molar-refractivity contribution is 5.97. The topological polar surface area (TPSA) is 41.6 Å². The third kappa shape index (κ3) is 4.46. The standard InChI is InChI=1S/C18H19FN2O2.ClH/c19-15-7-5-14(6-8-15)13-23-17-4-2-1-3-16(17)18(22)21-11-9-20-10-12-21;/h1-8,20H,9-13H2;1H. The molecule has 3 rings (SSSR count). The van der Waals surface area contributed by atoms with Gasteiger partial charge in [-0.3, -0.25) is 4.79 Å². The summed E-state index contributed by atoms with van der Waals surface area (Å²) >= 11 is 0. The second-order valence-electron chi connectivity index (χ2n) is 5.45. The quantitative estimate of drug-likeness (QED) is 0.922. The monoisotopic (exact) mass is 350 g/mol. The number of carbonyl (C=O) groups excluding carboxylic acids is 1. The van der Waals surface area contributed by atoms with Crippen LogP contribution in [-0.2, 0) is 6.61 Å². The minimum Gasteiger partial charge on any atom is -0.488 e. The van der Waals surface area contributed by atoms with Gasteiger partial charge in [-0.25, -0.2) is 4.39 Å². The van der Waals surface area contributed by atoms with Gasteiger partial charge in [0.15, 0.2) is 0 Å². The molecule has 1 aliphatic heterocycles. The lowest BCUT2D eigenvalue weighted by atomic mass is 10.1. The molecule has 2 aromatic carbocycles. The first-order valence-electron chi connectivity index (χ1n) is 7.70. The predicted octanol–water partition coefficient (Wildman–Crippen LogP) is 2.87. The van der Waals surface area contributed by atoms with E-state index in [9.17, 15) is 9.18 Å². The van der Waals surface area contributed by atoms with Crippen molar-refractivity contribution < 1.29 is 13.9 Å². The molecule has 1 amide bonds. The average Bonchev–Trinajstić information content (AvgIpc) is 2.62. The Morgan fingerprint density at radius 1 is 1.08 bits per heavy atom. The third-order valence-corrected chi connectivity index (χ3v) is 3.83. The summed E-state index contributed by atoms with van der Waals surface area (Å²) in [5, 5.41) is 3.23. The zero-order chi connectivity index (χ0) is 16.1. The molecule has 0 bridgehead atoms. The Kier molecular flexibility index (Phi) is 6.58. The first kappa shape index (κ1) is 18.2. The lowest BCUT2D eigenvalue weighted by Gasteiger charge is -2.28. The highest BCUT2D eigenvalue weighted by Gasteiger charge is 2.20. The Labute approximate surface area is 147 Å². The summed E-state index contributed by atoms with van der Waals surface area (Å²) in [6.07, 6.45) is 0. The van der Waals surface area contributed by atoms with Gasteiger partial charge in [0, 0.05) is 26.2 Å². The van der Waals surface area contributed by atoms with Crippen LogP contribution in [0, 0.1) is 5.82 Å². The lowest BCUT2D eigenvalue weighted by molar-refractivity contribution is 0.0731. The molecule has 1 N–H and O–H groups in total. The van der Waals surface area contributed by atoms with Crippen LogP contribution in [0.15, 0.2) is 48.5 Å². The summed E-state index contributed by atoms with van der Waals surface area (Å²) in [5.74, 6) is 0.268. The SMILES string of the molecule is Cl.O=C(c1ccccc1OCc1ccc(F)cc1)N1CCNCC1. The molecule has 0 atom stereocenters. The second kappa shape index (κ2) is 8.66. The maximum absolute atomic E-state index is 12.9. The smallest absolute Gasteiger partial charge is 0.257 e. The fourth-order valence-electron chi connectivity index (χ4n) is 2.55. The minimum atomic E-state index is -0.275. The van der Waals surface area contributed by atoms with Crippen molar-refractivity contribution in [3.8, 4) is 5.75 Å².